The van der Waals surface area contributed by atoms with E-state index in [4.69, 9.17) is 9.47 Å². The first-order valence-electron chi connectivity index (χ1n) is 8.63. The van der Waals surface area contributed by atoms with Crippen molar-refractivity contribution < 1.29 is 9.47 Å². The molecule has 0 bridgehead atoms. The second kappa shape index (κ2) is 7.77. The maximum absolute atomic E-state index is 6.31. The van der Waals surface area contributed by atoms with Crippen molar-refractivity contribution in [2.45, 2.75) is 83.0 Å². The van der Waals surface area contributed by atoms with Crippen LogP contribution in [-0.2, 0) is 9.47 Å². The zero-order valence-electron chi connectivity index (χ0n) is 13.6. The Morgan fingerprint density at radius 3 is 2.80 bits per heavy atom. The van der Waals surface area contributed by atoms with Crippen LogP contribution in [0.5, 0.6) is 0 Å². The first-order chi connectivity index (χ1) is 9.70. The summed E-state index contributed by atoms with van der Waals surface area (Å²) in [6.07, 6.45) is 10.4. The van der Waals surface area contributed by atoms with Crippen molar-refractivity contribution in [1.29, 1.82) is 0 Å². The highest BCUT2D eigenvalue weighted by molar-refractivity contribution is 4.97. The fraction of sp³-hybridized carbons (Fsp3) is 1.00. The summed E-state index contributed by atoms with van der Waals surface area (Å²) in [6.45, 7) is 6.29. The quantitative estimate of drug-likeness (QED) is 0.775. The summed E-state index contributed by atoms with van der Waals surface area (Å²) in [7, 11) is 2.10. The largest absolute Gasteiger partial charge is 0.378 e. The lowest BCUT2D eigenvalue weighted by Crippen LogP contribution is -2.54. The van der Waals surface area contributed by atoms with Gasteiger partial charge in [-0.25, -0.2) is 0 Å². The van der Waals surface area contributed by atoms with Gasteiger partial charge in [0.2, 0.25) is 0 Å². The van der Waals surface area contributed by atoms with Gasteiger partial charge < -0.3 is 14.8 Å². The molecule has 118 valence electrons. The highest BCUT2D eigenvalue weighted by Gasteiger charge is 2.42. The van der Waals surface area contributed by atoms with Crippen molar-refractivity contribution in [3.63, 3.8) is 0 Å². The average molecular weight is 283 g/mol. The Labute approximate surface area is 124 Å². The van der Waals surface area contributed by atoms with Crippen molar-refractivity contribution in [2.24, 2.45) is 5.92 Å². The monoisotopic (exact) mass is 283 g/mol. The van der Waals surface area contributed by atoms with Crippen molar-refractivity contribution in [2.75, 3.05) is 20.3 Å². The minimum Gasteiger partial charge on any atom is -0.378 e. The summed E-state index contributed by atoms with van der Waals surface area (Å²) in [6, 6.07) is 0.467. The fourth-order valence-corrected chi connectivity index (χ4v) is 4.27. The van der Waals surface area contributed by atoms with Crippen LogP contribution in [0.3, 0.4) is 0 Å². The van der Waals surface area contributed by atoms with Gasteiger partial charge in [-0.3, -0.25) is 0 Å². The second-order valence-corrected chi connectivity index (χ2v) is 6.75. The molecule has 0 aromatic carbocycles. The van der Waals surface area contributed by atoms with Crippen molar-refractivity contribution in [3.05, 3.63) is 0 Å². The first kappa shape index (κ1) is 16.3. The zero-order chi connectivity index (χ0) is 14.4. The van der Waals surface area contributed by atoms with Crippen LogP contribution < -0.4 is 5.32 Å². The minimum atomic E-state index is 0.0553. The average Bonchev–Trinajstić information content (AvgIpc) is 2.93. The molecule has 3 heteroatoms. The van der Waals surface area contributed by atoms with Gasteiger partial charge in [0.15, 0.2) is 0 Å². The van der Waals surface area contributed by atoms with Crippen LogP contribution in [-0.4, -0.2) is 38.0 Å². The van der Waals surface area contributed by atoms with Crippen molar-refractivity contribution >= 4 is 0 Å². The van der Waals surface area contributed by atoms with Gasteiger partial charge in [0.1, 0.15) is 0 Å². The predicted molar refractivity (Wildman–Crippen MR) is 83.0 cm³/mol. The Morgan fingerprint density at radius 1 is 1.35 bits per heavy atom. The maximum atomic E-state index is 6.31. The van der Waals surface area contributed by atoms with E-state index in [-0.39, 0.29) is 5.60 Å². The Hall–Kier alpha value is -0.120. The lowest BCUT2D eigenvalue weighted by molar-refractivity contribution is -0.102. The molecule has 1 aliphatic heterocycles. The van der Waals surface area contributed by atoms with E-state index in [0.717, 1.165) is 19.1 Å². The second-order valence-electron chi connectivity index (χ2n) is 6.75. The van der Waals surface area contributed by atoms with Crippen LogP contribution in [0.25, 0.3) is 0 Å². The fourth-order valence-electron chi connectivity index (χ4n) is 4.27. The molecule has 0 spiro atoms. The first-order valence-corrected chi connectivity index (χ1v) is 8.63. The standard InChI is InChI=1S/C17H33NO2/c1-4-20-17(11-5-7-14(2)13-17)16(18-3)10-9-15-8-6-12-19-15/h14-16,18H,4-13H2,1-3H3. The van der Waals surface area contributed by atoms with E-state index < -0.39 is 0 Å². The van der Waals surface area contributed by atoms with Gasteiger partial charge in [-0.2, -0.15) is 0 Å². The predicted octanol–water partition coefficient (Wildman–Crippen LogP) is 3.52. The molecular formula is C17H33NO2. The van der Waals surface area contributed by atoms with Crippen LogP contribution in [0, 0.1) is 5.92 Å². The highest BCUT2D eigenvalue weighted by Crippen LogP contribution is 2.39. The van der Waals surface area contributed by atoms with Gasteiger partial charge in [0.25, 0.3) is 0 Å². The molecule has 0 amide bonds. The number of ether oxygens (including phenoxy) is 2. The lowest BCUT2D eigenvalue weighted by atomic mass is 9.73. The van der Waals surface area contributed by atoms with Crippen LogP contribution in [0.1, 0.15) is 65.2 Å². The van der Waals surface area contributed by atoms with E-state index in [1.165, 1.54) is 51.4 Å². The number of hydrogen-bond acceptors (Lipinski definition) is 3. The zero-order valence-corrected chi connectivity index (χ0v) is 13.6. The molecule has 1 heterocycles. The molecule has 1 N–H and O–H groups in total. The molecular weight excluding hydrogens is 250 g/mol. The molecule has 1 saturated heterocycles. The molecule has 2 aliphatic rings. The molecule has 4 unspecified atom stereocenters. The third-order valence-electron chi connectivity index (χ3n) is 5.21. The van der Waals surface area contributed by atoms with E-state index in [9.17, 15) is 0 Å². The smallest absolute Gasteiger partial charge is 0.0837 e. The molecule has 2 fully saturated rings. The van der Waals surface area contributed by atoms with Crippen molar-refractivity contribution in [3.8, 4) is 0 Å². The summed E-state index contributed by atoms with van der Waals surface area (Å²) in [5, 5.41) is 3.56. The SMILES string of the molecule is CCOC1(C(CCC2CCCO2)NC)CCCC(C)C1. The highest BCUT2D eigenvalue weighted by atomic mass is 16.5. The number of rotatable bonds is 7. The number of hydrogen-bond donors (Lipinski definition) is 1. The molecule has 20 heavy (non-hydrogen) atoms. The van der Waals surface area contributed by atoms with Gasteiger partial charge in [-0.05, 0) is 58.4 Å². The molecule has 0 aromatic rings. The molecule has 2 rings (SSSR count). The number of nitrogens with one attached hydrogen (secondary N) is 1. The third kappa shape index (κ3) is 3.96. The minimum absolute atomic E-state index is 0.0553. The lowest BCUT2D eigenvalue weighted by Gasteiger charge is -2.45. The van der Waals surface area contributed by atoms with Crippen LogP contribution in [0.2, 0.25) is 0 Å². The van der Waals surface area contributed by atoms with E-state index >= 15 is 0 Å². The molecule has 0 aromatic heterocycles. The Morgan fingerprint density at radius 2 is 2.20 bits per heavy atom. The van der Waals surface area contributed by atoms with Gasteiger partial charge in [0.05, 0.1) is 11.7 Å². The number of likely N-dealkylation sites (N-methyl/N-ethyl adjacent to an activating group) is 1. The van der Waals surface area contributed by atoms with Crippen LogP contribution >= 0.6 is 0 Å². The van der Waals surface area contributed by atoms with E-state index in [1.54, 1.807) is 0 Å². The Bertz CT molecular complexity index is 274. The molecule has 0 radical (unpaired) electrons. The van der Waals surface area contributed by atoms with E-state index in [2.05, 4.69) is 26.2 Å². The summed E-state index contributed by atoms with van der Waals surface area (Å²) >= 11 is 0. The van der Waals surface area contributed by atoms with Gasteiger partial charge in [0, 0.05) is 19.3 Å². The van der Waals surface area contributed by atoms with Gasteiger partial charge in [-0.1, -0.05) is 19.8 Å². The topological polar surface area (TPSA) is 30.5 Å². The van der Waals surface area contributed by atoms with Crippen LogP contribution in [0.4, 0.5) is 0 Å². The molecule has 4 atom stereocenters. The summed E-state index contributed by atoms with van der Waals surface area (Å²) in [5.41, 5.74) is 0.0553. The Kier molecular flexibility index (Phi) is 6.31. The van der Waals surface area contributed by atoms with E-state index in [1.807, 2.05) is 0 Å². The Balaban J connectivity index is 1.96. The maximum Gasteiger partial charge on any atom is 0.0837 e. The normalized spacial score (nSPS) is 36.1. The van der Waals surface area contributed by atoms with Gasteiger partial charge in [-0.15, -0.1) is 0 Å². The third-order valence-corrected chi connectivity index (χ3v) is 5.21. The van der Waals surface area contributed by atoms with Crippen LogP contribution in [0.15, 0.2) is 0 Å². The van der Waals surface area contributed by atoms with Gasteiger partial charge >= 0.3 is 0 Å². The molecule has 3 nitrogen and oxygen atoms in total. The summed E-state index contributed by atoms with van der Waals surface area (Å²) in [5.74, 6) is 0.786. The van der Waals surface area contributed by atoms with Crippen molar-refractivity contribution in [1.82, 2.24) is 5.32 Å². The summed E-state index contributed by atoms with van der Waals surface area (Å²) in [4.78, 5) is 0. The summed E-state index contributed by atoms with van der Waals surface area (Å²) < 4.78 is 12.1. The molecule has 1 aliphatic carbocycles. The van der Waals surface area contributed by atoms with E-state index in [0.29, 0.717) is 12.1 Å². The molecule has 1 saturated carbocycles.